The molecule has 2 aliphatic heterocycles. The number of aliphatic hydroxyl groups is 1. The molecule has 4 N–H and O–H groups in total. The largest absolute Gasteiger partial charge is 0.497 e. The quantitative estimate of drug-likeness (QED) is 0.102. The maximum absolute atomic E-state index is 15.0. The molecule has 2 aromatic heterocycles. The molecule has 4 heterocycles. The molecule has 8 atom stereocenters. The molecule has 0 radical (unpaired) electrons. The SMILES string of the molecule is COc1ccc2c(OC3C[C@H]4C(=O)N[C@]5(C(O)NS(=O)(=O)C6(CF)CC6)C[C@H]5/C=C\CC[C@@H](C)C[C@@H](C)[C@H](NC(=O)OC(C)(C)C(F)(F)F)C(=O)N4C3)cc(-n3ccc(C(F)(F)F)n3)nc2c1. The van der Waals surface area contributed by atoms with Crippen molar-refractivity contribution >= 4 is 38.8 Å². The third-order valence-corrected chi connectivity index (χ3v) is 15.3. The number of rotatable bonds is 11. The number of carbonyl (C=O) groups is 3. The fourth-order valence-corrected chi connectivity index (χ4v) is 10.2. The highest BCUT2D eigenvalue weighted by Crippen LogP contribution is 2.49. The summed E-state index contributed by atoms with van der Waals surface area (Å²) in [6.07, 6.45) is -8.85. The molecule has 2 unspecified atom stereocenters. The second-order valence-corrected chi connectivity index (χ2v) is 20.6. The van der Waals surface area contributed by atoms with E-state index in [0.717, 1.165) is 21.8 Å². The minimum atomic E-state index is -4.99. The number of fused-ring (bicyclic) bond motifs is 3. The van der Waals surface area contributed by atoms with E-state index >= 15 is 0 Å². The van der Waals surface area contributed by atoms with Crippen LogP contribution in [0.4, 0.5) is 35.5 Å². The van der Waals surface area contributed by atoms with Gasteiger partial charge in [0.15, 0.2) is 11.5 Å². The lowest BCUT2D eigenvalue weighted by Gasteiger charge is -2.34. The average molecular weight is 976 g/mol. The maximum atomic E-state index is 15.0. The summed E-state index contributed by atoms with van der Waals surface area (Å²) in [6, 6.07) is 3.59. The van der Waals surface area contributed by atoms with Crippen molar-refractivity contribution < 1.29 is 72.9 Å². The lowest BCUT2D eigenvalue weighted by Crippen LogP contribution is -2.61. The summed E-state index contributed by atoms with van der Waals surface area (Å²) in [5.74, 6) is -3.12. The molecular weight excluding hydrogens is 924 g/mol. The van der Waals surface area contributed by atoms with Crippen molar-refractivity contribution in [1.29, 1.82) is 0 Å². The van der Waals surface area contributed by atoms with E-state index < -0.39 is 111 Å². The van der Waals surface area contributed by atoms with Gasteiger partial charge in [0.1, 0.15) is 47.3 Å². The minimum absolute atomic E-state index is 0.0141. The molecule has 7 rings (SSSR count). The Morgan fingerprint density at radius 1 is 1.07 bits per heavy atom. The number of ether oxygens (including phenoxy) is 3. The monoisotopic (exact) mass is 975 g/mol. The van der Waals surface area contributed by atoms with E-state index in [9.17, 15) is 58.6 Å². The smallest absolute Gasteiger partial charge is 0.435 e. The van der Waals surface area contributed by atoms with Gasteiger partial charge in [-0.1, -0.05) is 26.0 Å². The highest BCUT2D eigenvalue weighted by molar-refractivity contribution is 7.91. The number of hydrogen-bond acceptors (Lipinski definition) is 11. The average Bonchev–Trinajstić information content (AvgIpc) is 4.06. The number of carbonyl (C=O) groups excluding carboxylic acids is 3. The highest BCUT2D eigenvalue weighted by atomic mass is 32.2. The second-order valence-electron chi connectivity index (χ2n) is 18.5. The number of aromatic nitrogens is 3. The van der Waals surface area contributed by atoms with E-state index in [-0.39, 0.29) is 55.1 Å². The van der Waals surface area contributed by atoms with Gasteiger partial charge in [-0.2, -0.15) is 36.2 Å². The van der Waals surface area contributed by atoms with Crippen molar-refractivity contribution in [2.75, 3.05) is 20.3 Å². The topological polar surface area (TPSA) is 203 Å². The summed E-state index contributed by atoms with van der Waals surface area (Å²) in [4.78, 5) is 48.5. The fraction of sp³-hybridized carbons (Fsp3) is 0.605. The summed E-state index contributed by atoms with van der Waals surface area (Å²) in [6.45, 7) is 3.14. The first-order chi connectivity index (χ1) is 31.2. The predicted molar refractivity (Wildman–Crippen MR) is 225 cm³/mol. The van der Waals surface area contributed by atoms with Crippen LogP contribution in [0.2, 0.25) is 0 Å². The summed E-state index contributed by atoms with van der Waals surface area (Å²) in [7, 11) is -3.06. The zero-order valence-corrected chi connectivity index (χ0v) is 37.9. The molecule has 2 saturated carbocycles. The Labute approximate surface area is 381 Å². The number of hydrogen-bond donors (Lipinski definition) is 4. The van der Waals surface area contributed by atoms with Crippen molar-refractivity contribution in [1.82, 2.24) is 35.0 Å². The first-order valence-corrected chi connectivity index (χ1v) is 23.1. The van der Waals surface area contributed by atoms with Crippen molar-refractivity contribution in [3.05, 3.63) is 54.4 Å². The van der Waals surface area contributed by atoms with Gasteiger partial charge in [-0.15, -0.1) is 0 Å². The van der Waals surface area contributed by atoms with Crippen molar-refractivity contribution in [3.63, 3.8) is 0 Å². The van der Waals surface area contributed by atoms with Gasteiger partial charge < -0.3 is 34.9 Å². The van der Waals surface area contributed by atoms with Gasteiger partial charge in [0, 0.05) is 36.1 Å². The Hall–Kier alpha value is -5.23. The Morgan fingerprint density at radius 2 is 1.79 bits per heavy atom. The van der Waals surface area contributed by atoms with Crippen LogP contribution in [0.15, 0.2) is 48.7 Å². The van der Waals surface area contributed by atoms with Crippen LogP contribution in [-0.4, -0.2) is 118 Å². The van der Waals surface area contributed by atoms with E-state index in [1.54, 1.807) is 31.2 Å². The number of aliphatic hydroxyl groups excluding tert-OH is 1. The van der Waals surface area contributed by atoms with E-state index in [0.29, 0.717) is 37.8 Å². The molecule has 16 nitrogen and oxygen atoms in total. The Balaban J connectivity index is 1.27. The first-order valence-electron chi connectivity index (χ1n) is 21.6. The molecule has 368 valence electrons. The number of amides is 3. The molecule has 4 aliphatic rings. The molecule has 1 saturated heterocycles. The molecule has 3 amide bonds. The number of benzene rings is 1. The van der Waals surface area contributed by atoms with Gasteiger partial charge in [-0.25, -0.2) is 27.3 Å². The highest BCUT2D eigenvalue weighted by Gasteiger charge is 2.63. The second kappa shape index (κ2) is 18.0. The number of methoxy groups -OCH3 is 1. The Morgan fingerprint density at radius 3 is 2.42 bits per heavy atom. The predicted octanol–water partition coefficient (Wildman–Crippen LogP) is 5.86. The van der Waals surface area contributed by atoms with Crippen LogP contribution in [0, 0.1) is 17.8 Å². The summed E-state index contributed by atoms with van der Waals surface area (Å²) >= 11 is 0. The maximum Gasteiger partial charge on any atom is 0.435 e. The number of nitrogens with one attached hydrogen (secondary N) is 3. The van der Waals surface area contributed by atoms with Crippen LogP contribution >= 0.6 is 0 Å². The van der Waals surface area contributed by atoms with Crippen LogP contribution in [0.1, 0.15) is 78.3 Å². The van der Waals surface area contributed by atoms with Gasteiger partial charge in [-0.3, -0.25) is 9.59 Å². The number of alkyl halides is 7. The number of allylic oxidation sites excluding steroid dienone is 1. The standard InChI is InChI=1S/C43H52F7N7O9S/c1-23-8-6-7-9-25-20-41(25,37(60)55-67(62,63)40(22-44)13-14-40)53-35(58)30-18-27(21-56(30)36(59)34(24(2)16-23)52-38(61)66-39(3,4)43(48,49)50)65-31-19-33(57-15-12-32(54-57)42(45,46)47)51-29-17-26(64-5)10-11-28(29)31/h7,9-12,15,17,19,23-25,27,30,34,37,55,60H,6,8,13-14,16,18,20-22H2,1-5H3,(H,52,61)(H,53,58)/b9-7-/t23-,24-,25-,27?,30+,34+,37?,41-/m1/s1. The van der Waals surface area contributed by atoms with Gasteiger partial charge in [0.25, 0.3) is 0 Å². The first kappa shape index (κ1) is 49.7. The lowest BCUT2D eigenvalue weighted by molar-refractivity contribution is -0.244. The molecule has 24 heteroatoms. The number of alkyl carbamates (subject to hydrolysis) is 1. The van der Waals surface area contributed by atoms with Gasteiger partial charge >= 0.3 is 18.4 Å². The molecule has 3 fully saturated rings. The molecular formula is C43H52F7N7O9S. The molecule has 1 aromatic carbocycles. The van der Waals surface area contributed by atoms with Crippen LogP contribution in [0.5, 0.6) is 11.5 Å². The number of pyridine rings is 1. The van der Waals surface area contributed by atoms with E-state index in [2.05, 4.69) is 25.4 Å². The molecule has 3 aromatic rings. The zero-order valence-electron chi connectivity index (χ0n) is 37.1. The Bertz CT molecular complexity index is 2520. The van der Waals surface area contributed by atoms with E-state index in [1.807, 2.05) is 6.92 Å². The van der Waals surface area contributed by atoms with Gasteiger partial charge in [-0.05, 0) is 82.4 Å². The number of halogens is 7. The van der Waals surface area contributed by atoms with Crippen LogP contribution in [0.3, 0.4) is 0 Å². The Kier molecular flexibility index (Phi) is 13.4. The summed E-state index contributed by atoms with van der Waals surface area (Å²) in [5, 5.41) is 20.6. The zero-order chi connectivity index (χ0) is 49.1. The molecule has 2 aliphatic carbocycles. The van der Waals surface area contributed by atoms with Crippen LogP contribution in [0.25, 0.3) is 16.7 Å². The van der Waals surface area contributed by atoms with Crippen LogP contribution in [-0.2, 0) is 30.5 Å². The third-order valence-electron chi connectivity index (χ3n) is 13.1. The lowest BCUT2D eigenvalue weighted by atomic mass is 9.88. The molecule has 0 spiro atoms. The van der Waals surface area contributed by atoms with Gasteiger partial charge in [0.05, 0.1) is 24.7 Å². The van der Waals surface area contributed by atoms with E-state index in [1.165, 1.54) is 19.2 Å². The summed E-state index contributed by atoms with van der Waals surface area (Å²) in [5.41, 5.74) is -5.67. The molecule has 67 heavy (non-hydrogen) atoms. The number of nitrogens with zero attached hydrogens (tertiary/aromatic N) is 4. The number of sulfonamides is 1. The summed E-state index contributed by atoms with van der Waals surface area (Å²) < 4.78 is 141. The van der Waals surface area contributed by atoms with E-state index in [4.69, 9.17) is 14.2 Å². The van der Waals surface area contributed by atoms with Crippen LogP contribution < -0.4 is 24.8 Å². The van der Waals surface area contributed by atoms with Crippen molar-refractivity contribution in [2.45, 2.75) is 125 Å². The van der Waals surface area contributed by atoms with Crippen molar-refractivity contribution in [2.24, 2.45) is 17.8 Å². The molecule has 0 bridgehead atoms. The normalized spacial score (nSPS) is 28.0. The third kappa shape index (κ3) is 10.2. The fourth-order valence-electron chi connectivity index (χ4n) is 8.64. The van der Waals surface area contributed by atoms with Crippen molar-refractivity contribution in [3.8, 4) is 17.3 Å². The van der Waals surface area contributed by atoms with Gasteiger partial charge in [0.2, 0.25) is 27.4 Å². The minimum Gasteiger partial charge on any atom is -0.497 e.